The molecule has 7 heteroatoms. The van der Waals surface area contributed by atoms with Crippen molar-refractivity contribution in [2.24, 2.45) is 0 Å². The summed E-state index contributed by atoms with van der Waals surface area (Å²) in [6.45, 7) is 3.27. The summed E-state index contributed by atoms with van der Waals surface area (Å²) in [7, 11) is -3.74. The molecule has 0 saturated carbocycles. The van der Waals surface area contributed by atoms with E-state index in [1.807, 2.05) is 0 Å². The molecule has 2 N–H and O–H groups in total. The molecule has 138 valence electrons. The lowest BCUT2D eigenvalue weighted by atomic mass is 10.1. The van der Waals surface area contributed by atoms with Gasteiger partial charge in [0.15, 0.2) is 9.84 Å². The van der Waals surface area contributed by atoms with Crippen LogP contribution >= 0.6 is 0 Å². The van der Waals surface area contributed by atoms with Crippen LogP contribution in [0.1, 0.15) is 24.7 Å². The Hall–Kier alpha value is -2.67. The maximum atomic E-state index is 13.0. The molecule has 6 nitrogen and oxygen atoms in total. The molecular weight excluding hydrogens is 352 g/mol. The summed E-state index contributed by atoms with van der Waals surface area (Å²) in [5, 5.41) is 3.91. The molecule has 2 amide bonds. The molecule has 0 aromatic heterocycles. The Morgan fingerprint density at radius 2 is 1.42 bits per heavy atom. The zero-order chi connectivity index (χ0) is 19.2. The molecule has 0 spiro atoms. The third-order valence-electron chi connectivity index (χ3n) is 3.69. The Balaban J connectivity index is 2.26. The molecule has 0 saturated heterocycles. The van der Waals surface area contributed by atoms with Gasteiger partial charge in [0, 0.05) is 12.6 Å². The number of nitrogens with one attached hydrogen (secondary N) is 2. The van der Waals surface area contributed by atoms with Crippen LogP contribution in [0.5, 0.6) is 0 Å². The van der Waals surface area contributed by atoms with Crippen molar-refractivity contribution in [1.29, 1.82) is 0 Å². The van der Waals surface area contributed by atoms with E-state index >= 15 is 0 Å². The first-order valence-corrected chi connectivity index (χ1v) is 9.79. The van der Waals surface area contributed by atoms with E-state index in [1.54, 1.807) is 62.4 Å². The van der Waals surface area contributed by atoms with Crippen molar-refractivity contribution in [3.63, 3.8) is 0 Å². The molecule has 0 heterocycles. The average Bonchev–Trinajstić information content (AvgIpc) is 2.62. The summed E-state index contributed by atoms with van der Waals surface area (Å²) in [6, 6.07) is 16.5. The lowest BCUT2D eigenvalue weighted by molar-refractivity contribution is -0.139. The quantitative estimate of drug-likeness (QED) is 0.755. The number of amides is 2. The molecule has 2 aromatic carbocycles. The van der Waals surface area contributed by atoms with Gasteiger partial charge in [0.25, 0.3) is 0 Å². The number of rotatable bonds is 6. The van der Waals surface area contributed by atoms with E-state index in [9.17, 15) is 18.0 Å². The minimum Gasteiger partial charge on any atom is -0.346 e. The van der Waals surface area contributed by atoms with Crippen molar-refractivity contribution < 1.29 is 18.0 Å². The summed E-state index contributed by atoms with van der Waals surface area (Å²) in [4.78, 5) is 23.9. The molecule has 2 aromatic rings. The Bertz CT molecular complexity index is 850. The molecule has 0 unspecified atom stereocenters. The number of benzene rings is 2. The second-order valence-corrected chi connectivity index (χ2v) is 8.23. The van der Waals surface area contributed by atoms with E-state index in [2.05, 4.69) is 10.6 Å². The van der Waals surface area contributed by atoms with Crippen molar-refractivity contribution in [2.45, 2.75) is 30.0 Å². The third-order valence-corrected chi connectivity index (χ3v) is 5.81. The van der Waals surface area contributed by atoms with Crippen LogP contribution < -0.4 is 10.6 Å². The van der Waals surface area contributed by atoms with Crippen molar-refractivity contribution in [3.05, 3.63) is 66.2 Å². The van der Waals surface area contributed by atoms with Crippen LogP contribution in [0.25, 0.3) is 0 Å². The predicted molar refractivity (Wildman–Crippen MR) is 99.1 cm³/mol. The van der Waals surface area contributed by atoms with E-state index in [0.717, 1.165) is 0 Å². The van der Waals surface area contributed by atoms with Gasteiger partial charge in [-0.1, -0.05) is 48.5 Å². The van der Waals surface area contributed by atoms with Gasteiger partial charge in [-0.25, -0.2) is 8.42 Å². The monoisotopic (exact) mass is 374 g/mol. The van der Waals surface area contributed by atoms with Gasteiger partial charge in [0.1, 0.15) is 5.25 Å². The summed E-state index contributed by atoms with van der Waals surface area (Å²) in [6.07, 6.45) is 0. The second-order valence-electron chi connectivity index (χ2n) is 6.10. The minimum absolute atomic E-state index is 0.162. The molecule has 0 radical (unpaired) electrons. The summed E-state index contributed by atoms with van der Waals surface area (Å²) in [5.74, 6) is -1.65. The standard InChI is InChI=1S/C19H22N2O4S/c1-14(2)21-19(23)18(22)20-13-17(15-9-5-3-6-10-15)26(24,25)16-11-7-4-8-12-16/h3-12,14,17H,13H2,1-2H3,(H,20,22)(H,21,23)/t17-/m1/s1. The maximum Gasteiger partial charge on any atom is 0.309 e. The van der Waals surface area contributed by atoms with Crippen LogP contribution in [-0.2, 0) is 19.4 Å². The van der Waals surface area contributed by atoms with Gasteiger partial charge in [-0.2, -0.15) is 0 Å². The van der Waals surface area contributed by atoms with Gasteiger partial charge >= 0.3 is 11.8 Å². The van der Waals surface area contributed by atoms with E-state index < -0.39 is 26.9 Å². The highest BCUT2D eigenvalue weighted by molar-refractivity contribution is 7.91. The lowest BCUT2D eigenvalue weighted by Gasteiger charge is -2.19. The highest BCUT2D eigenvalue weighted by Crippen LogP contribution is 2.28. The minimum atomic E-state index is -3.74. The van der Waals surface area contributed by atoms with Crippen LogP contribution in [-0.4, -0.2) is 32.8 Å². The molecular formula is C19H22N2O4S. The van der Waals surface area contributed by atoms with Crippen LogP contribution in [0.2, 0.25) is 0 Å². The Morgan fingerprint density at radius 3 is 1.96 bits per heavy atom. The first-order valence-electron chi connectivity index (χ1n) is 8.25. The largest absolute Gasteiger partial charge is 0.346 e. The number of hydrogen-bond donors (Lipinski definition) is 2. The zero-order valence-electron chi connectivity index (χ0n) is 14.7. The first-order chi connectivity index (χ1) is 12.3. The SMILES string of the molecule is CC(C)NC(=O)C(=O)NC[C@H](c1ccccc1)S(=O)(=O)c1ccccc1. The molecule has 1 atom stereocenters. The van der Waals surface area contributed by atoms with Gasteiger partial charge in [0.2, 0.25) is 0 Å². The van der Waals surface area contributed by atoms with E-state index in [-0.39, 0.29) is 17.5 Å². The smallest absolute Gasteiger partial charge is 0.309 e. The number of hydrogen-bond acceptors (Lipinski definition) is 4. The highest BCUT2D eigenvalue weighted by atomic mass is 32.2. The van der Waals surface area contributed by atoms with Gasteiger partial charge in [-0.05, 0) is 31.5 Å². The maximum absolute atomic E-state index is 13.0. The van der Waals surface area contributed by atoms with Crippen molar-refractivity contribution >= 4 is 21.7 Å². The van der Waals surface area contributed by atoms with Crippen LogP contribution in [0.3, 0.4) is 0 Å². The third kappa shape index (κ3) is 4.92. The summed E-state index contributed by atoms with van der Waals surface area (Å²) >= 11 is 0. The second kappa shape index (κ2) is 8.62. The average molecular weight is 374 g/mol. The van der Waals surface area contributed by atoms with Crippen molar-refractivity contribution in [2.75, 3.05) is 6.54 Å². The fourth-order valence-electron chi connectivity index (χ4n) is 2.44. The van der Waals surface area contributed by atoms with E-state index in [0.29, 0.717) is 5.56 Å². The zero-order valence-corrected chi connectivity index (χ0v) is 15.5. The normalized spacial score (nSPS) is 12.4. The number of sulfone groups is 1. The molecule has 0 fully saturated rings. The van der Waals surface area contributed by atoms with Crippen molar-refractivity contribution in [3.8, 4) is 0 Å². The predicted octanol–water partition coefficient (Wildman–Crippen LogP) is 1.84. The van der Waals surface area contributed by atoms with Crippen LogP contribution in [0.4, 0.5) is 0 Å². The summed E-state index contributed by atoms with van der Waals surface area (Å²) < 4.78 is 26.1. The Labute approximate surface area is 153 Å². The fourth-order valence-corrected chi connectivity index (χ4v) is 4.13. The topological polar surface area (TPSA) is 92.3 Å². The van der Waals surface area contributed by atoms with E-state index in [1.165, 1.54) is 12.1 Å². The fraction of sp³-hybridized carbons (Fsp3) is 0.263. The van der Waals surface area contributed by atoms with Crippen LogP contribution in [0.15, 0.2) is 65.6 Å². The van der Waals surface area contributed by atoms with Gasteiger partial charge in [-0.3, -0.25) is 9.59 Å². The Kier molecular flexibility index (Phi) is 6.52. The molecule has 0 aliphatic heterocycles. The molecule has 0 bridgehead atoms. The molecule has 0 aliphatic carbocycles. The van der Waals surface area contributed by atoms with Gasteiger partial charge in [-0.15, -0.1) is 0 Å². The molecule has 0 aliphatic rings. The summed E-state index contributed by atoms with van der Waals surface area (Å²) in [5.41, 5.74) is 0.543. The van der Waals surface area contributed by atoms with E-state index in [4.69, 9.17) is 0 Å². The lowest BCUT2D eigenvalue weighted by Crippen LogP contribution is -2.44. The highest BCUT2D eigenvalue weighted by Gasteiger charge is 2.30. The van der Waals surface area contributed by atoms with Gasteiger partial charge < -0.3 is 10.6 Å². The van der Waals surface area contributed by atoms with Crippen LogP contribution in [0, 0.1) is 0 Å². The number of carbonyl (C=O) groups is 2. The molecule has 2 rings (SSSR count). The van der Waals surface area contributed by atoms with Crippen molar-refractivity contribution in [1.82, 2.24) is 10.6 Å². The van der Waals surface area contributed by atoms with Gasteiger partial charge in [0.05, 0.1) is 4.90 Å². The first kappa shape index (κ1) is 19.7. The number of carbonyl (C=O) groups excluding carboxylic acids is 2. The molecule has 26 heavy (non-hydrogen) atoms. The Morgan fingerprint density at radius 1 is 0.885 bits per heavy atom.